The molecule has 1 aliphatic rings. The first kappa shape index (κ1) is 15.0. The Kier molecular flexibility index (Phi) is 5.42. The highest BCUT2D eigenvalue weighted by Gasteiger charge is 2.26. The number of nitrogens with zero attached hydrogens (tertiary/aromatic N) is 3. The number of rotatable bonds is 6. The Hall–Kier alpha value is -0.390. The summed E-state index contributed by atoms with van der Waals surface area (Å²) in [6.07, 6.45) is 3.83. The molecule has 1 saturated heterocycles. The molecule has 5 heteroatoms. The van der Waals surface area contributed by atoms with Gasteiger partial charge >= 0.3 is 0 Å². The number of aromatic nitrogens is 2. The van der Waals surface area contributed by atoms with Gasteiger partial charge in [0, 0.05) is 26.2 Å². The molecule has 108 valence electrons. The largest absolute Gasteiger partial charge is 0.315 e. The Balaban J connectivity index is 1.97. The quantitative estimate of drug-likeness (QED) is 0.814. The fourth-order valence-electron chi connectivity index (χ4n) is 2.82. The van der Waals surface area contributed by atoms with Gasteiger partial charge in [0.05, 0.1) is 15.9 Å². The van der Waals surface area contributed by atoms with Crippen LogP contribution >= 0.6 is 15.9 Å². The summed E-state index contributed by atoms with van der Waals surface area (Å²) >= 11 is 3.67. The van der Waals surface area contributed by atoms with Crippen molar-refractivity contribution in [1.82, 2.24) is 20.0 Å². The Morgan fingerprint density at radius 1 is 1.47 bits per heavy atom. The van der Waals surface area contributed by atoms with E-state index in [4.69, 9.17) is 0 Å². The third-order valence-electron chi connectivity index (χ3n) is 3.92. The van der Waals surface area contributed by atoms with Crippen LogP contribution in [0.1, 0.15) is 37.6 Å². The van der Waals surface area contributed by atoms with Crippen molar-refractivity contribution < 1.29 is 0 Å². The van der Waals surface area contributed by atoms with Gasteiger partial charge in [-0.1, -0.05) is 6.92 Å². The minimum atomic E-state index is 0.675. The Labute approximate surface area is 124 Å². The van der Waals surface area contributed by atoms with Crippen LogP contribution in [0.4, 0.5) is 0 Å². The van der Waals surface area contributed by atoms with E-state index in [0.29, 0.717) is 6.04 Å². The van der Waals surface area contributed by atoms with Crippen molar-refractivity contribution in [3.63, 3.8) is 0 Å². The highest BCUT2D eigenvalue weighted by Crippen LogP contribution is 2.25. The fraction of sp³-hybridized carbons (Fsp3) is 0.786. The molecule has 0 aromatic carbocycles. The fourth-order valence-corrected chi connectivity index (χ4v) is 3.29. The van der Waals surface area contributed by atoms with E-state index in [1.807, 2.05) is 11.7 Å². The first-order chi connectivity index (χ1) is 9.13. The van der Waals surface area contributed by atoms with Crippen LogP contribution in [-0.2, 0) is 13.6 Å². The normalized spacial score (nSPS) is 20.3. The van der Waals surface area contributed by atoms with E-state index in [1.54, 1.807) is 0 Å². The number of nitrogens with one attached hydrogen (secondary N) is 1. The van der Waals surface area contributed by atoms with Gasteiger partial charge in [-0.15, -0.1) is 0 Å². The molecule has 0 saturated carbocycles. The molecule has 19 heavy (non-hydrogen) atoms. The van der Waals surface area contributed by atoms with Crippen LogP contribution in [-0.4, -0.2) is 40.4 Å². The van der Waals surface area contributed by atoms with E-state index in [1.165, 1.54) is 36.0 Å². The van der Waals surface area contributed by atoms with Crippen LogP contribution < -0.4 is 5.32 Å². The van der Waals surface area contributed by atoms with Crippen LogP contribution in [0.2, 0.25) is 0 Å². The summed E-state index contributed by atoms with van der Waals surface area (Å²) in [5.41, 5.74) is 2.37. The Morgan fingerprint density at radius 2 is 2.26 bits per heavy atom. The number of halogens is 1. The van der Waals surface area contributed by atoms with E-state index >= 15 is 0 Å². The minimum absolute atomic E-state index is 0.675. The van der Waals surface area contributed by atoms with Gasteiger partial charge in [0.25, 0.3) is 0 Å². The zero-order valence-corrected chi connectivity index (χ0v) is 13.8. The molecule has 2 heterocycles. The van der Waals surface area contributed by atoms with Gasteiger partial charge in [-0.3, -0.25) is 9.58 Å². The third-order valence-corrected chi connectivity index (χ3v) is 4.95. The SMILES string of the molecule is CCCNCC1CCCN1Cc1c(Br)c(C)nn1C. The van der Waals surface area contributed by atoms with Gasteiger partial charge in [0.1, 0.15) is 0 Å². The second kappa shape index (κ2) is 6.86. The maximum Gasteiger partial charge on any atom is 0.0739 e. The first-order valence-corrected chi connectivity index (χ1v) is 8.05. The van der Waals surface area contributed by atoms with Gasteiger partial charge < -0.3 is 5.32 Å². The molecule has 0 aliphatic carbocycles. The zero-order valence-electron chi connectivity index (χ0n) is 12.2. The molecule has 1 N–H and O–H groups in total. The summed E-state index contributed by atoms with van der Waals surface area (Å²) in [4.78, 5) is 2.59. The molecular formula is C14H25BrN4. The molecule has 1 aromatic heterocycles. The number of hydrogen-bond donors (Lipinski definition) is 1. The van der Waals surface area contributed by atoms with Crippen molar-refractivity contribution >= 4 is 15.9 Å². The monoisotopic (exact) mass is 328 g/mol. The zero-order chi connectivity index (χ0) is 13.8. The van der Waals surface area contributed by atoms with Crippen LogP contribution in [0.15, 0.2) is 4.47 Å². The van der Waals surface area contributed by atoms with Gasteiger partial charge in [-0.25, -0.2) is 0 Å². The summed E-state index contributed by atoms with van der Waals surface area (Å²) in [7, 11) is 2.04. The smallest absolute Gasteiger partial charge is 0.0739 e. The lowest BCUT2D eigenvalue weighted by atomic mass is 10.2. The predicted molar refractivity (Wildman–Crippen MR) is 82.2 cm³/mol. The molecule has 0 bridgehead atoms. The number of likely N-dealkylation sites (tertiary alicyclic amines) is 1. The lowest BCUT2D eigenvalue weighted by molar-refractivity contribution is 0.233. The standard InChI is InChI=1S/C14H25BrN4/c1-4-7-16-9-12-6-5-8-19(12)10-13-14(15)11(2)17-18(13)3/h12,16H,4-10H2,1-3H3. The third kappa shape index (κ3) is 3.58. The van der Waals surface area contributed by atoms with Gasteiger partial charge in [-0.05, 0) is 55.2 Å². The Morgan fingerprint density at radius 3 is 2.89 bits per heavy atom. The lowest BCUT2D eigenvalue weighted by Crippen LogP contribution is -2.38. The van der Waals surface area contributed by atoms with Crippen LogP contribution in [0.3, 0.4) is 0 Å². The number of hydrogen-bond acceptors (Lipinski definition) is 3. The van der Waals surface area contributed by atoms with E-state index in [-0.39, 0.29) is 0 Å². The molecule has 1 atom stereocenters. The average molecular weight is 329 g/mol. The highest BCUT2D eigenvalue weighted by atomic mass is 79.9. The van der Waals surface area contributed by atoms with E-state index < -0.39 is 0 Å². The van der Waals surface area contributed by atoms with E-state index in [2.05, 4.69) is 45.1 Å². The molecule has 0 radical (unpaired) electrons. The molecule has 1 aromatic rings. The van der Waals surface area contributed by atoms with Crippen LogP contribution in [0.5, 0.6) is 0 Å². The molecule has 2 rings (SSSR count). The molecule has 1 unspecified atom stereocenters. The molecule has 0 spiro atoms. The molecule has 1 fully saturated rings. The minimum Gasteiger partial charge on any atom is -0.315 e. The van der Waals surface area contributed by atoms with E-state index in [9.17, 15) is 0 Å². The lowest BCUT2D eigenvalue weighted by Gasteiger charge is -2.25. The molecule has 0 amide bonds. The molecule has 1 aliphatic heterocycles. The molecular weight excluding hydrogens is 304 g/mol. The highest BCUT2D eigenvalue weighted by molar-refractivity contribution is 9.10. The van der Waals surface area contributed by atoms with Gasteiger partial charge in [-0.2, -0.15) is 5.10 Å². The van der Waals surface area contributed by atoms with Crippen molar-refractivity contribution in [3.05, 3.63) is 15.9 Å². The number of aryl methyl sites for hydroxylation is 2. The summed E-state index contributed by atoms with van der Waals surface area (Å²) in [5, 5.41) is 8.03. The second-order valence-corrected chi connectivity index (χ2v) is 6.23. The maximum absolute atomic E-state index is 4.48. The topological polar surface area (TPSA) is 33.1 Å². The van der Waals surface area contributed by atoms with Gasteiger partial charge in [0.15, 0.2) is 0 Å². The first-order valence-electron chi connectivity index (χ1n) is 7.26. The van der Waals surface area contributed by atoms with Crippen LogP contribution in [0, 0.1) is 6.92 Å². The maximum atomic E-state index is 4.48. The predicted octanol–water partition coefficient (Wildman–Crippen LogP) is 2.46. The molecule has 4 nitrogen and oxygen atoms in total. The van der Waals surface area contributed by atoms with Crippen LogP contribution in [0.25, 0.3) is 0 Å². The van der Waals surface area contributed by atoms with Crippen molar-refractivity contribution in [2.45, 2.75) is 45.7 Å². The van der Waals surface area contributed by atoms with Crippen molar-refractivity contribution in [2.24, 2.45) is 7.05 Å². The summed E-state index contributed by atoms with van der Waals surface area (Å²) in [5.74, 6) is 0. The van der Waals surface area contributed by atoms with Crippen molar-refractivity contribution in [3.8, 4) is 0 Å². The van der Waals surface area contributed by atoms with Crippen molar-refractivity contribution in [1.29, 1.82) is 0 Å². The van der Waals surface area contributed by atoms with Gasteiger partial charge in [0.2, 0.25) is 0 Å². The summed E-state index contributed by atoms with van der Waals surface area (Å²) < 4.78 is 3.18. The van der Waals surface area contributed by atoms with Crippen molar-refractivity contribution in [2.75, 3.05) is 19.6 Å². The summed E-state index contributed by atoms with van der Waals surface area (Å²) in [6.45, 7) is 8.71. The van der Waals surface area contributed by atoms with E-state index in [0.717, 1.165) is 25.3 Å². The summed E-state index contributed by atoms with van der Waals surface area (Å²) in [6, 6.07) is 0.675. The second-order valence-electron chi connectivity index (χ2n) is 5.44. The average Bonchev–Trinajstić information content (AvgIpc) is 2.91. The Bertz CT molecular complexity index is 416.